The second kappa shape index (κ2) is 4.87. The van der Waals surface area contributed by atoms with Crippen LogP contribution in [0.1, 0.15) is 5.56 Å². The molecule has 1 amide bonds. The number of hydrogen-bond acceptors (Lipinski definition) is 1. The molecule has 0 aromatic heterocycles. The largest absolute Gasteiger partial charge is 0.340 e. The van der Waals surface area contributed by atoms with Crippen LogP contribution in [-0.4, -0.2) is 23.7 Å². The number of carbonyl (C=O) groups excluding carboxylic acids is 1. The summed E-state index contributed by atoms with van der Waals surface area (Å²) >= 11 is 5.42. The van der Waals surface area contributed by atoms with Crippen LogP contribution < -0.4 is 0 Å². The van der Waals surface area contributed by atoms with Crippen LogP contribution in [0.5, 0.6) is 0 Å². The lowest BCUT2D eigenvalue weighted by atomic mass is 10.2. The van der Waals surface area contributed by atoms with Gasteiger partial charge in [0.1, 0.15) is 5.88 Å². The summed E-state index contributed by atoms with van der Waals surface area (Å²) < 4.78 is 0. The molecule has 0 aliphatic carbocycles. The number of halogens is 1. The monoisotopic (exact) mass is 197 g/mol. The summed E-state index contributed by atoms with van der Waals surface area (Å²) in [7, 11) is 1.75. The van der Waals surface area contributed by atoms with Crippen LogP contribution in [0.25, 0.3) is 0 Å². The Morgan fingerprint density at radius 3 is 2.54 bits per heavy atom. The SMILES string of the molecule is CN(Cc1ccccc1)C(=O)CCl. The predicted molar refractivity (Wildman–Crippen MR) is 53.6 cm³/mol. The normalized spacial score (nSPS) is 9.69. The molecule has 0 fully saturated rings. The van der Waals surface area contributed by atoms with Crippen LogP contribution >= 0.6 is 11.6 Å². The first-order chi connectivity index (χ1) is 6.24. The van der Waals surface area contributed by atoms with Crippen LogP contribution in [0, 0.1) is 0 Å². The van der Waals surface area contributed by atoms with Crippen molar-refractivity contribution in [1.29, 1.82) is 0 Å². The highest BCUT2D eigenvalue weighted by Crippen LogP contribution is 2.02. The minimum atomic E-state index is -0.0504. The summed E-state index contributed by atoms with van der Waals surface area (Å²) in [5.41, 5.74) is 1.11. The van der Waals surface area contributed by atoms with Crippen LogP contribution in [0.15, 0.2) is 30.3 Å². The van der Waals surface area contributed by atoms with Gasteiger partial charge in [0.05, 0.1) is 0 Å². The predicted octanol–water partition coefficient (Wildman–Crippen LogP) is 1.88. The molecule has 0 saturated carbocycles. The minimum Gasteiger partial charge on any atom is -0.340 e. The van der Waals surface area contributed by atoms with Gasteiger partial charge in [-0.3, -0.25) is 4.79 Å². The Labute approximate surface area is 83.1 Å². The molecule has 0 N–H and O–H groups in total. The fourth-order valence-corrected chi connectivity index (χ4v) is 1.25. The third kappa shape index (κ3) is 3.07. The standard InChI is InChI=1S/C10H12ClNO/c1-12(10(13)7-11)8-9-5-3-2-4-6-9/h2-6H,7-8H2,1H3. The van der Waals surface area contributed by atoms with Gasteiger partial charge < -0.3 is 4.90 Å². The van der Waals surface area contributed by atoms with Gasteiger partial charge in [-0.1, -0.05) is 30.3 Å². The Kier molecular flexibility index (Phi) is 3.77. The van der Waals surface area contributed by atoms with Crippen molar-refractivity contribution in [2.24, 2.45) is 0 Å². The van der Waals surface area contributed by atoms with Gasteiger partial charge in [0.25, 0.3) is 0 Å². The van der Waals surface area contributed by atoms with Crippen molar-refractivity contribution in [3.8, 4) is 0 Å². The molecule has 0 saturated heterocycles. The maximum atomic E-state index is 11.1. The summed E-state index contributed by atoms with van der Waals surface area (Å²) in [6.07, 6.45) is 0. The van der Waals surface area contributed by atoms with E-state index < -0.39 is 0 Å². The topological polar surface area (TPSA) is 20.3 Å². The van der Waals surface area contributed by atoms with E-state index in [-0.39, 0.29) is 11.8 Å². The van der Waals surface area contributed by atoms with E-state index in [1.807, 2.05) is 30.3 Å². The summed E-state index contributed by atoms with van der Waals surface area (Å²) in [6, 6.07) is 9.82. The van der Waals surface area contributed by atoms with Crippen molar-refractivity contribution in [3.63, 3.8) is 0 Å². The van der Waals surface area contributed by atoms with Crippen molar-refractivity contribution in [3.05, 3.63) is 35.9 Å². The van der Waals surface area contributed by atoms with Gasteiger partial charge in [0.15, 0.2) is 0 Å². The first-order valence-corrected chi connectivity index (χ1v) is 4.61. The molecule has 70 valence electrons. The highest BCUT2D eigenvalue weighted by Gasteiger charge is 2.06. The highest BCUT2D eigenvalue weighted by atomic mass is 35.5. The molecular formula is C10H12ClNO. The second-order valence-electron chi connectivity index (χ2n) is 2.87. The molecular weight excluding hydrogens is 186 g/mol. The molecule has 0 spiro atoms. The number of nitrogens with zero attached hydrogens (tertiary/aromatic N) is 1. The zero-order valence-corrected chi connectivity index (χ0v) is 8.29. The van der Waals surface area contributed by atoms with Crippen LogP contribution in [0.4, 0.5) is 0 Å². The van der Waals surface area contributed by atoms with Gasteiger partial charge in [0, 0.05) is 13.6 Å². The van der Waals surface area contributed by atoms with Crippen molar-refractivity contribution in [1.82, 2.24) is 4.90 Å². The van der Waals surface area contributed by atoms with Crippen molar-refractivity contribution in [2.45, 2.75) is 6.54 Å². The third-order valence-electron chi connectivity index (χ3n) is 1.80. The molecule has 13 heavy (non-hydrogen) atoms. The summed E-state index contributed by atoms with van der Waals surface area (Å²) in [5, 5.41) is 0. The van der Waals surface area contributed by atoms with E-state index in [0.29, 0.717) is 6.54 Å². The average molecular weight is 198 g/mol. The van der Waals surface area contributed by atoms with Gasteiger partial charge >= 0.3 is 0 Å². The van der Waals surface area contributed by atoms with Crippen LogP contribution in [0.2, 0.25) is 0 Å². The van der Waals surface area contributed by atoms with E-state index in [9.17, 15) is 4.79 Å². The zero-order chi connectivity index (χ0) is 9.68. The molecule has 1 aromatic carbocycles. The van der Waals surface area contributed by atoms with E-state index in [4.69, 9.17) is 11.6 Å². The fourth-order valence-electron chi connectivity index (χ4n) is 1.05. The van der Waals surface area contributed by atoms with Gasteiger partial charge in [-0.2, -0.15) is 0 Å². The number of alkyl halides is 1. The molecule has 0 bridgehead atoms. The number of carbonyl (C=O) groups is 1. The van der Waals surface area contributed by atoms with Crippen molar-refractivity contribution < 1.29 is 4.79 Å². The van der Waals surface area contributed by atoms with Gasteiger partial charge in [0.2, 0.25) is 5.91 Å². The Balaban J connectivity index is 2.55. The number of hydrogen-bond donors (Lipinski definition) is 0. The Morgan fingerprint density at radius 1 is 1.38 bits per heavy atom. The third-order valence-corrected chi connectivity index (χ3v) is 2.03. The lowest BCUT2D eigenvalue weighted by molar-refractivity contribution is -0.127. The van der Waals surface area contributed by atoms with Gasteiger partial charge in [-0.05, 0) is 5.56 Å². The van der Waals surface area contributed by atoms with Crippen molar-refractivity contribution in [2.75, 3.05) is 12.9 Å². The first kappa shape index (κ1) is 10.1. The minimum absolute atomic E-state index is 0.0450. The number of amides is 1. The maximum absolute atomic E-state index is 11.1. The van der Waals surface area contributed by atoms with E-state index in [0.717, 1.165) is 5.56 Å². The molecule has 2 nitrogen and oxygen atoms in total. The maximum Gasteiger partial charge on any atom is 0.237 e. The summed E-state index contributed by atoms with van der Waals surface area (Å²) in [4.78, 5) is 12.7. The van der Waals surface area contributed by atoms with Crippen LogP contribution in [0.3, 0.4) is 0 Å². The highest BCUT2D eigenvalue weighted by molar-refractivity contribution is 6.27. The van der Waals surface area contributed by atoms with E-state index in [1.54, 1.807) is 11.9 Å². The van der Waals surface area contributed by atoms with Gasteiger partial charge in [-0.25, -0.2) is 0 Å². The van der Waals surface area contributed by atoms with Crippen LogP contribution in [-0.2, 0) is 11.3 Å². The molecule has 0 unspecified atom stereocenters. The molecule has 1 rings (SSSR count). The number of benzene rings is 1. The lowest BCUT2D eigenvalue weighted by Gasteiger charge is -2.15. The summed E-state index contributed by atoms with van der Waals surface area (Å²) in [6.45, 7) is 0.617. The molecule has 0 heterocycles. The smallest absolute Gasteiger partial charge is 0.237 e. The first-order valence-electron chi connectivity index (χ1n) is 4.08. The fraction of sp³-hybridized carbons (Fsp3) is 0.300. The Hall–Kier alpha value is -1.02. The Bertz CT molecular complexity index is 274. The molecule has 0 aliphatic rings. The summed E-state index contributed by atoms with van der Waals surface area (Å²) in [5.74, 6) is -0.00547. The quantitative estimate of drug-likeness (QED) is 0.678. The Morgan fingerprint density at radius 2 is 2.00 bits per heavy atom. The molecule has 1 aromatic rings. The van der Waals surface area contributed by atoms with E-state index in [1.165, 1.54) is 0 Å². The molecule has 0 atom stereocenters. The second-order valence-corrected chi connectivity index (χ2v) is 3.14. The van der Waals surface area contributed by atoms with Crippen molar-refractivity contribution >= 4 is 17.5 Å². The zero-order valence-electron chi connectivity index (χ0n) is 7.53. The van der Waals surface area contributed by atoms with E-state index in [2.05, 4.69) is 0 Å². The lowest BCUT2D eigenvalue weighted by Crippen LogP contribution is -2.26. The van der Waals surface area contributed by atoms with Gasteiger partial charge in [-0.15, -0.1) is 11.6 Å². The average Bonchev–Trinajstić information content (AvgIpc) is 2.18. The molecule has 3 heteroatoms. The molecule has 0 aliphatic heterocycles. The van der Waals surface area contributed by atoms with E-state index >= 15 is 0 Å². The molecule has 0 radical (unpaired) electrons. The number of rotatable bonds is 3.